The first-order chi connectivity index (χ1) is 12.8. The maximum atomic E-state index is 11.6. The lowest BCUT2D eigenvalue weighted by molar-refractivity contribution is 0.318. The van der Waals surface area contributed by atoms with Crippen LogP contribution in [0.25, 0.3) is 10.8 Å². The summed E-state index contributed by atoms with van der Waals surface area (Å²) >= 11 is 0. The lowest BCUT2D eigenvalue weighted by Gasteiger charge is -2.09. The van der Waals surface area contributed by atoms with Crippen LogP contribution >= 0.6 is 0 Å². The zero-order valence-corrected chi connectivity index (χ0v) is 15.1. The fourth-order valence-corrected chi connectivity index (χ4v) is 3.40. The predicted octanol–water partition coefficient (Wildman–Crippen LogP) is 3.65. The molecule has 27 heavy (non-hydrogen) atoms. The lowest BCUT2D eigenvalue weighted by Crippen LogP contribution is -1.99. The highest BCUT2D eigenvalue weighted by molar-refractivity contribution is 7.86. The Kier molecular flexibility index (Phi) is 5.02. The van der Waals surface area contributed by atoms with Crippen LogP contribution in [0, 0.1) is 0 Å². The van der Waals surface area contributed by atoms with Crippen LogP contribution in [-0.4, -0.2) is 36.0 Å². The smallest absolute Gasteiger partial charge is 0.295 e. The van der Waals surface area contributed by atoms with Crippen molar-refractivity contribution in [3.05, 3.63) is 54.1 Å². The third kappa shape index (κ3) is 3.86. The van der Waals surface area contributed by atoms with Crippen molar-refractivity contribution in [2.24, 2.45) is 4.99 Å². The highest BCUT2D eigenvalue weighted by Crippen LogP contribution is 2.39. The van der Waals surface area contributed by atoms with Gasteiger partial charge >= 0.3 is 0 Å². The Hall–Kier alpha value is -3.10. The number of ether oxygens (including phenoxy) is 1. The molecule has 140 valence electrons. The van der Waals surface area contributed by atoms with E-state index in [1.165, 1.54) is 18.3 Å². The van der Waals surface area contributed by atoms with E-state index in [1.54, 1.807) is 37.3 Å². The van der Waals surface area contributed by atoms with Gasteiger partial charge in [-0.15, -0.1) is 0 Å². The Balaban J connectivity index is 2.12. The van der Waals surface area contributed by atoms with Gasteiger partial charge in [0.15, 0.2) is 11.5 Å². The number of rotatable bonds is 5. The quantitative estimate of drug-likeness (QED) is 0.454. The third-order valence-electron chi connectivity index (χ3n) is 3.86. The van der Waals surface area contributed by atoms with Crippen molar-refractivity contribution < 1.29 is 27.9 Å². The molecule has 0 amide bonds. The highest BCUT2D eigenvalue weighted by atomic mass is 32.2. The Morgan fingerprint density at radius 1 is 1.04 bits per heavy atom. The van der Waals surface area contributed by atoms with E-state index in [0.29, 0.717) is 23.3 Å². The number of fused-ring (bicyclic) bond motifs is 1. The topological polar surface area (TPSA) is 116 Å². The van der Waals surface area contributed by atoms with Gasteiger partial charge < -0.3 is 14.9 Å². The van der Waals surface area contributed by atoms with Crippen LogP contribution in [0.1, 0.15) is 12.5 Å². The van der Waals surface area contributed by atoms with E-state index in [1.807, 2.05) is 0 Å². The number of phenolic OH excluding ortho intramolecular Hbond substituents is 2. The average molecular weight is 387 g/mol. The van der Waals surface area contributed by atoms with E-state index >= 15 is 0 Å². The molecule has 0 saturated heterocycles. The van der Waals surface area contributed by atoms with Gasteiger partial charge in [-0.25, -0.2) is 0 Å². The van der Waals surface area contributed by atoms with Gasteiger partial charge in [0.2, 0.25) is 0 Å². The van der Waals surface area contributed by atoms with Gasteiger partial charge in [-0.05, 0) is 30.7 Å². The molecule has 0 heterocycles. The van der Waals surface area contributed by atoms with Crippen LogP contribution in [0.15, 0.2) is 58.4 Å². The summed E-state index contributed by atoms with van der Waals surface area (Å²) < 4.78 is 37.9. The summed E-state index contributed by atoms with van der Waals surface area (Å²) in [5, 5.41) is 20.6. The summed E-state index contributed by atoms with van der Waals surface area (Å²) in [5.74, 6) is -0.0848. The van der Waals surface area contributed by atoms with Crippen LogP contribution in [0.2, 0.25) is 0 Å². The fraction of sp³-hybridized carbons (Fsp3) is 0.105. The molecule has 0 radical (unpaired) electrons. The number of benzene rings is 3. The van der Waals surface area contributed by atoms with Gasteiger partial charge in [-0.2, -0.15) is 8.42 Å². The molecule has 0 unspecified atom stereocenters. The standard InChI is InChI=1S/C19H17NO6S/c1-2-26-17-9-12(7-8-15(17)21)11-20-19-14-6-4-3-5-13(14)18(10-16(19)22)27(23,24)25/h3-11,21-22H,2H2,1H3,(H,23,24,25). The molecule has 0 aliphatic heterocycles. The molecule has 0 aliphatic carbocycles. The number of aliphatic imine (C=N–C) groups is 1. The van der Waals surface area contributed by atoms with Crippen molar-refractivity contribution in [2.45, 2.75) is 11.8 Å². The normalized spacial score (nSPS) is 11.9. The zero-order chi connectivity index (χ0) is 19.6. The molecule has 3 rings (SSSR count). The zero-order valence-electron chi connectivity index (χ0n) is 14.3. The van der Waals surface area contributed by atoms with Crippen LogP contribution in [-0.2, 0) is 10.1 Å². The van der Waals surface area contributed by atoms with Crippen molar-refractivity contribution in [3.63, 3.8) is 0 Å². The number of aromatic hydroxyl groups is 2. The van der Waals surface area contributed by atoms with E-state index in [0.717, 1.165) is 6.07 Å². The molecule has 0 atom stereocenters. The number of phenols is 2. The molecule has 3 N–H and O–H groups in total. The maximum Gasteiger partial charge on any atom is 0.295 e. The molecule has 0 saturated carbocycles. The van der Waals surface area contributed by atoms with Crippen LogP contribution in [0.3, 0.4) is 0 Å². The number of hydrogen-bond donors (Lipinski definition) is 3. The third-order valence-corrected chi connectivity index (χ3v) is 4.76. The minimum Gasteiger partial charge on any atom is -0.506 e. The van der Waals surface area contributed by atoms with Crippen molar-refractivity contribution in [1.29, 1.82) is 0 Å². The van der Waals surface area contributed by atoms with Crippen molar-refractivity contribution in [1.82, 2.24) is 0 Å². The first kappa shape index (κ1) is 18.7. The Labute approximate surface area is 155 Å². The maximum absolute atomic E-state index is 11.6. The Morgan fingerprint density at radius 2 is 1.74 bits per heavy atom. The van der Waals surface area contributed by atoms with Gasteiger partial charge in [0.1, 0.15) is 16.3 Å². The molecule has 3 aromatic carbocycles. The van der Waals surface area contributed by atoms with Gasteiger partial charge in [0.05, 0.1) is 6.61 Å². The van der Waals surface area contributed by atoms with E-state index in [-0.39, 0.29) is 22.6 Å². The average Bonchev–Trinajstić information content (AvgIpc) is 2.62. The second-order valence-corrected chi connectivity index (χ2v) is 7.07. The molecule has 0 fully saturated rings. The first-order valence-electron chi connectivity index (χ1n) is 8.03. The van der Waals surface area contributed by atoms with Gasteiger partial charge in [-0.3, -0.25) is 9.55 Å². The van der Waals surface area contributed by atoms with E-state index < -0.39 is 15.0 Å². The first-order valence-corrected chi connectivity index (χ1v) is 9.47. The summed E-state index contributed by atoms with van der Waals surface area (Å²) in [6.07, 6.45) is 1.45. The number of nitrogens with zero attached hydrogens (tertiary/aromatic N) is 1. The SMILES string of the molecule is CCOc1cc(C=Nc2c(O)cc(S(=O)(=O)O)c3ccccc23)ccc1O. The van der Waals surface area contributed by atoms with Crippen LogP contribution in [0.4, 0.5) is 5.69 Å². The van der Waals surface area contributed by atoms with Crippen molar-refractivity contribution >= 4 is 32.8 Å². The highest BCUT2D eigenvalue weighted by Gasteiger charge is 2.19. The second kappa shape index (κ2) is 7.26. The van der Waals surface area contributed by atoms with E-state index in [4.69, 9.17) is 4.74 Å². The van der Waals surface area contributed by atoms with Gasteiger partial charge in [0, 0.05) is 23.1 Å². The molecule has 7 nitrogen and oxygen atoms in total. The van der Waals surface area contributed by atoms with E-state index in [2.05, 4.69) is 4.99 Å². The predicted molar refractivity (Wildman–Crippen MR) is 102 cm³/mol. The monoisotopic (exact) mass is 387 g/mol. The molecule has 0 aromatic heterocycles. The van der Waals surface area contributed by atoms with Crippen molar-refractivity contribution in [2.75, 3.05) is 6.61 Å². The second-order valence-electron chi connectivity index (χ2n) is 5.68. The lowest BCUT2D eigenvalue weighted by atomic mass is 10.1. The van der Waals surface area contributed by atoms with E-state index in [9.17, 15) is 23.2 Å². The minimum absolute atomic E-state index is 0.000183. The molecule has 0 aliphatic rings. The largest absolute Gasteiger partial charge is 0.506 e. The van der Waals surface area contributed by atoms with Crippen LogP contribution < -0.4 is 4.74 Å². The summed E-state index contributed by atoms with van der Waals surface area (Å²) in [4.78, 5) is 3.88. The molecule has 0 spiro atoms. The summed E-state index contributed by atoms with van der Waals surface area (Å²) in [7, 11) is -4.51. The van der Waals surface area contributed by atoms with Crippen molar-refractivity contribution in [3.8, 4) is 17.2 Å². The number of hydrogen-bond acceptors (Lipinski definition) is 6. The molecule has 8 heteroatoms. The van der Waals surface area contributed by atoms with Crippen LogP contribution in [0.5, 0.6) is 17.2 Å². The molecular formula is C19H17NO6S. The summed E-state index contributed by atoms with van der Waals surface area (Å²) in [5.41, 5.74) is 0.766. The van der Waals surface area contributed by atoms with Gasteiger partial charge in [-0.1, -0.05) is 24.3 Å². The Bertz CT molecular complexity index is 1140. The summed E-state index contributed by atoms with van der Waals surface area (Å²) in [6, 6.07) is 12.0. The molecule has 3 aromatic rings. The van der Waals surface area contributed by atoms with Gasteiger partial charge in [0.25, 0.3) is 10.1 Å². The molecule has 0 bridgehead atoms. The summed E-state index contributed by atoms with van der Waals surface area (Å²) in [6.45, 7) is 2.18. The Morgan fingerprint density at radius 3 is 2.41 bits per heavy atom. The molecular weight excluding hydrogens is 370 g/mol. The minimum atomic E-state index is -4.51. The fourth-order valence-electron chi connectivity index (χ4n) is 2.68.